The number of ketones is 2. The van der Waals surface area contributed by atoms with Crippen LogP contribution in [0.5, 0.6) is 0 Å². The number of oxime groups is 1. The van der Waals surface area contributed by atoms with Gasteiger partial charge in [0.05, 0.1) is 12.1 Å². The maximum atomic E-state index is 13.0. The Morgan fingerprint density at radius 1 is 0.844 bits per heavy atom. The maximum absolute atomic E-state index is 13.0. The molecular weight excluding hydrogens is 418 g/mol. The molecule has 0 saturated carbocycles. The number of thiol groups is 1. The van der Waals surface area contributed by atoms with Crippen molar-refractivity contribution in [3.05, 3.63) is 108 Å². The van der Waals surface area contributed by atoms with E-state index < -0.39 is 5.92 Å². The fourth-order valence-electron chi connectivity index (χ4n) is 3.16. The summed E-state index contributed by atoms with van der Waals surface area (Å²) in [7, 11) is 0. The second kappa shape index (κ2) is 14.0. The molecule has 0 spiro atoms. The largest absolute Gasteiger partial charge is 0.411 e. The van der Waals surface area contributed by atoms with Crippen molar-refractivity contribution in [1.82, 2.24) is 0 Å². The smallest absolute Gasteiger partial charge is 0.193 e. The molecule has 2 unspecified atom stereocenters. The van der Waals surface area contributed by atoms with Gasteiger partial charge in [-0.3, -0.25) is 9.59 Å². The van der Waals surface area contributed by atoms with Crippen molar-refractivity contribution in [1.29, 1.82) is 0 Å². The lowest BCUT2D eigenvalue weighted by atomic mass is 9.88. The van der Waals surface area contributed by atoms with E-state index >= 15 is 0 Å². The summed E-state index contributed by atoms with van der Waals surface area (Å²) in [5.41, 5.74) is 1.23. The summed E-state index contributed by atoms with van der Waals surface area (Å²) in [5.74, 6) is -1.01. The van der Waals surface area contributed by atoms with E-state index in [1.54, 1.807) is 48.5 Å². The predicted molar refractivity (Wildman–Crippen MR) is 133 cm³/mol. The highest BCUT2D eigenvalue weighted by atomic mass is 32.1. The molecule has 5 heteroatoms. The third-order valence-corrected chi connectivity index (χ3v) is 5.63. The van der Waals surface area contributed by atoms with Crippen LogP contribution in [-0.2, 0) is 0 Å². The second-order valence-electron chi connectivity index (χ2n) is 7.27. The first-order valence-electron chi connectivity index (χ1n) is 10.7. The molecule has 166 valence electrons. The highest BCUT2D eigenvalue weighted by molar-refractivity contribution is 7.80. The molecule has 3 rings (SSSR count). The van der Waals surface area contributed by atoms with Gasteiger partial charge in [-0.2, -0.15) is 12.6 Å². The van der Waals surface area contributed by atoms with Crippen molar-refractivity contribution >= 4 is 30.4 Å². The summed E-state index contributed by atoms with van der Waals surface area (Å²) >= 11 is 4.46. The minimum Gasteiger partial charge on any atom is -0.411 e. The van der Waals surface area contributed by atoms with Gasteiger partial charge in [0.1, 0.15) is 0 Å². The number of hydrogen-bond acceptors (Lipinski definition) is 5. The molecule has 0 aliphatic heterocycles. The molecule has 1 N–H and O–H groups in total. The summed E-state index contributed by atoms with van der Waals surface area (Å²) in [6, 6.07) is 27.6. The lowest BCUT2D eigenvalue weighted by Gasteiger charge is -2.15. The van der Waals surface area contributed by atoms with Crippen molar-refractivity contribution in [3.8, 4) is 0 Å². The zero-order valence-corrected chi connectivity index (χ0v) is 19.1. The average molecular weight is 448 g/mol. The van der Waals surface area contributed by atoms with Gasteiger partial charge in [-0.15, -0.1) is 5.16 Å². The molecule has 32 heavy (non-hydrogen) atoms. The van der Waals surface area contributed by atoms with Crippen molar-refractivity contribution in [2.75, 3.05) is 0 Å². The van der Waals surface area contributed by atoms with Crippen LogP contribution in [0.25, 0.3) is 0 Å². The van der Waals surface area contributed by atoms with E-state index in [0.29, 0.717) is 23.1 Å². The number of carbonyl (C=O) groups is 2. The van der Waals surface area contributed by atoms with Crippen molar-refractivity contribution in [3.63, 3.8) is 0 Å². The van der Waals surface area contributed by atoms with Gasteiger partial charge in [0, 0.05) is 21.9 Å². The van der Waals surface area contributed by atoms with Crippen LogP contribution in [0.1, 0.15) is 52.5 Å². The monoisotopic (exact) mass is 447 g/mol. The van der Waals surface area contributed by atoms with E-state index in [4.69, 9.17) is 5.21 Å². The minimum absolute atomic E-state index is 0.179. The van der Waals surface area contributed by atoms with Gasteiger partial charge < -0.3 is 5.21 Å². The zero-order chi connectivity index (χ0) is 23.2. The Hall–Kier alpha value is -3.18. The molecule has 3 aromatic carbocycles. The maximum Gasteiger partial charge on any atom is 0.193 e. The van der Waals surface area contributed by atoms with Crippen LogP contribution in [0.15, 0.2) is 96.2 Å². The van der Waals surface area contributed by atoms with Crippen LogP contribution in [0.4, 0.5) is 0 Å². The van der Waals surface area contributed by atoms with E-state index in [9.17, 15) is 9.59 Å². The van der Waals surface area contributed by atoms with Crippen LogP contribution >= 0.6 is 12.6 Å². The average Bonchev–Trinajstić information content (AvgIpc) is 2.87. The number of Topliss-reactive ketones (excluding diaryl/α,β-unsaturated/α-hetero) is 1. The fraction of sp³-hybridized carbons (Fsp3) is 0.222. The van der Waals surface area contributed by atoms with Crippen molar-refractivity contribution in [2.24, 2.45) is 11.1 Å². The highest BCUT2D eigenvalue weighted by Gasteiger charge is 2.24. The number of hydrogen-bond donors (Lipinski definition) is 2. The van der Waals surface area contributed by atoms with Crippen LogP contribution in [0.3, 0.4) is 0 Å². The molecule has 0 aliphatic carbocycles. The van der Waals surface area contributed by atoms with Crippen LogP contribution < -0.4 is 0 Å². The molecule has 0 aliphatic rings. The molecule has 0 fully saturated rings. The van der Waals surface area contributed by atoms with E-state index in [0.717, 1.165) is 12.8 Å². The molecule has 0 radical (unpaired) electrons. The van der Waals surface area contributed by atoms with Crippen LogP contribution in [0, 0.1) is 5.92 Å². The van der Waals surface area contributed by atoms with Crippen LogP contribution in [-0.4, -0.2) is 28.2 Å². The summed E-state index contributed by atoms with van der Waals surface area (Å²) in [6.45, 7) is 2.03. The minimum atomic E-state index is -0.592. The van der Waals surface area contributed by atoms with Gasteiger partial charge in [0.15, 0.2) is 11.6 Å². The Kier molecular flexibility index (Phi) is 11.0. The first-order chi connectivity index (χ1) is 15.6. The lowest BCUT2D eigenvalue weighted by Crippen LogP contribution is -2.21. The molecule has 0 heterocycles. The molecular formula is C27H29NO3S. The highest BCUT2D eigenvalue weighted by Crippen LogP contribution is 2.22. The van der Waals surface area contributed by atoms with Gasteiger partial charge in [0.2, 0.25) is 0 Å². The molecule has 0 aromatic heterocycles. The Labute approximate surface area is 195 Å². The second-order valence-corrected chi connectivity index (χ2v) is 8.00. The van der Waals surface area contributed by atoms with E-state index in [1.807, 2.05) is 49.4 Å². The molecule has 4 nitrogen and oxygen atoms in total. The zero-order valence-electron chi connectivity index (χ0n) is 18.2. The standard InChI is InChI=1S/C21H23NO3S.C6H6/c1-2-17(26)13-12-16(14-22-25)21(24)19-11-7-6-10-18(19)20(23)15-8-4-3-5-9-15;1-2-4-6-5-3-1/h3-11,14,16-17,25-26H,2,12-13H2,1H3;1-6H. The third-order valence-electron chi connectivity index (χ3n) is 5.01. The molecule has 0 saturated heterocycles. The van der Waals surface area contributed by atoms with Gasteiger partial charge in [-0.25, -0.2) is 0 Å². The van der Waals surface area contributed by atoms with Gasteiger partial charge in [-0.1, -0.05) is 97.9 Å². The van der Waals surface area contributed by atoms with E-state index in [2.05, 4.69) is 17.8 Å². The quantitative estimate of drug-likeness (QED) is 0.132. The normalized spacial score (nSPS) is 12.4. The van der Waals surface area contributed by atoms with Gasteiger partial charge in [0.25, 0.3) is 0 Å². The van der Waals surface area contributed by atoms with E-state index in [-0.39, 0.29) is 16.8 Å². The SMILES string of the molecule is CCC(S)CCC(C=NO)C(=O)c1ccccc1C(=O)c1ccccc1.c1ccccc1. The Bertz CT molecular complexity index is 963. The number of carbonyl (C=O) groups excluding carboxylic acids is 2. The van der Waals surface area contributed by atoms with Crippen molar-refractivity contribution < 1.29 is 14.8 Å². The Morgan fingerprint density at radius 3 is 1.88 bits per heavy atom. The molecule has 0 bridgehead atoms. The molecule has 3 aromatic rings. The third kappa shape index (κ3) is 7.82. The number of nitrogens with zero attached hydrogens (tertiary/aromatic N) is 1. The fourth-order valence-corrected chi connectivity index (χ4v) is 3.30. The number of benzene rings is 3. The Morgan fingerprint density at radius 2 is 1.34 bits per heavy atom. The topological polar surface area (TPSA) is 66.7 Å². The molecule has 0 amide bonds. The summed E-state index contributed by atoms with van der Waals surface area (Å²) < 4.78 is 0. The van der Waals surface area contributed by atoms with Crippen molar-refractivity contribution in [2.45, 2.75) is 31.4 Å². The summed E-state index contributed by atoms with van der Waals surface area (Å²) in [5, 5.41) is 12.2. The first-order valence-corrected chi connectivity index (χ1v) is 11.2. The summed E-state index contributed by atoms with van der Waals surface area (Å²) in [4.78, 5) is 25.8. The summed E-state index contributed by atoms with van der Waals surface area (Å²) in [6.07, 6.45) is 3.36. The molecule has 2 atom stereocenters. The van der Waals surface area contributed by atoms with Gasteiger partial charge in [-0.05, 0) is 19.3 Å². The first kappa shape index (κ1) is 25.1. The predicted octanol–water partition coefficient (Wildman–Crippen LogP) is 6.35. The Balaban J connectivity index is 0.000000520. The van der Waals surface area contributed by atoms with Crippen LogP contribution in [0.2, 0.25) is 0 Å². The van der Waals surface area contributed by atoms with E-state index in [1.165, 1.54) is 6.21 Å². The number of rotatable bonds is 9. The van der Waals surface area contributed by atoms with Gasteiger partial charge >= 0.3 is 0 Å². The lowest BCUT2D eigenvalue weighted by molar-refractivity contribution is 0.0938.